The molecule has 0 amide bonds. The van der Waals surface area contributed by atoms with Crippen LogP contribution in [0.5, 0.6) is 0 Å². The molecule has 2 heterocycles. The molecular weight excluding hydrogens is 507 g/mol. The van der Waals surface area contributed by atoms with E-state index in [4.69, 9.17) is 0 Å². The Balaban J connectivity index is 1.46. The van der Waals surface area contributed by atoms with Crippen LogP contribution in [0.1, 0.15) is 68.9 Å². The normalized spacial score (nSPS) is 15.8. The lowest BCUT2D eigenvalue weighted by molar-refractivity contribution is 0.444. The van der Waals surface area contributed by atoms with Gasteiger partial charge in [0.05, 0.1) is 0 Å². The molecule has 8 rings (SSSR count). The fourth-order valence-electron chi connectivity index (χ4n) is 7.75. The lowest BCUT2D eigenvalue weighted by atomic mass is 9.33. The first-order chi connectivity index (χ1) is 20.7. The summed E-state index contributed by atoms with van der Waals surface area (Å²) in [6.45, 7) is 4.77. The van der Waals surface area contributed by atoms with Crippen LogP contribution in [0.3, 0.4) is 0 Å². The van der Waals surface area contributed by atoms with Gasteiger partial charge in [0, 0.05) is 34.1 Å². The minimum Gasteiger partial charge on any atom is -0.311 e. The molecule has 2 aliphatic heterocycles. The fraction of sp³-hybridized carbons (Fsp3) is 0.231. The number of hydrogen-bond donors (Lipinski definition) is 0. The van der Waals surface area contributed by atoms with Gasteiger partial charge in [-0.25, -0.2) is 0 Å². The Bertz CT molecular complexity index is 1770. The molecule has 3 heteroatoms. The van der Waals surface area contributed by atoms with E-state index in [-0.39, 0.29) is 6.71 Å². The van der Waals surface area contributed by atoms with Crippen molar-refractivity contribution >= 4 is 57.2 Å². The summed E-state index contributed by atoms with van der Waals surface area (Å²) in [4.78, 5) is 5.10. The molecule has 5 aromatic rings. The third-order valence-electron chi connectivity index (χ3n) is 9.79. The number of benzene rings is 5. The smallest absolute Gasteiger partial charge is 0.252 e. The van der Waals surface area contributed by atoms with Gasteiger partial charge in [-0.05, 0) is 101 Å². The third kappa shape index (κ3) is 4.01. The van der Waals surface area contributed by atoms with Gasteiger partial charge < -0.3 is 9.80 Å². The van der Waals surface area contributed by atoms with Gasteiger partial charge in [0.15, 0.2) is 0 Å². The maximum Gasteiger partial charge on any atom is 0.252 e. The van der Waals surface area contributed by atoms with Crippen molar-refractivity contribution < 1.29 is 0 Å². The highest BCUT2D eigenvalue weighted by atomic mass is 15.2. The summed E-state index contributed by atoms with van der Waals surface area (Å²) in [5.74, 6) is 1.08. The van der Waals surface area contributed by atoms with Crippen LogP contribution in [0.2, 0.25) is 0 Å². The summed E-state index contributed by atoms with van der Waals surface area (Å²) < 4.78 is 0. The van der Waals surface area contributed by atoms with Gasteiger partial charge in [0.2, 0.25) is 0 Å². The second kappa shape index (κ2) is 10.2. The topological polar surface area (TPSA) is 6.48 Å². The van der Waals surface area contributed by atoms with Crippen LogP contribution in [0.15, 0.2) is 115 Å². The zero-order valence-corrected chi connectivity index (χ0v) is 24.6. The average Bonchev–Trinajstić information content (AvgIpc) is 3.05. The second-order valence-electron chi connectivity index (χ2n) is 12.6. The predicted octanol–water partition coefficient (Wildman–Crippen LogP) is 8.94. The van der Waals surface area contributed by atoms with Gasteiger partial charge in [0.25, 0.3) is 6.71 Å². The minimum atomic E-state index is 0.187. The molecule has 42 heavy (non-hydrogen) atoms. The Morgan fingerprint density at radius 2 is 1.14 bits per heavy atom. The van der Waals surface area contributed by atoms with Gasteiger partial charge in [-0.2, -0.15) is 0 Å². The molecule has 2 nitrogen and oxygen atoms in total. The van der Waals surface area contributed by atoms with Crippen molar-refractivity contribution in [1.82, 2.24) is 0 Å². The summed E-state index contributed by atoms with van der Waals surface area (Å²) >= 11 is 0. The van der Waals surface area contributed by atoms with Crippen molar-refractivity contribution in [2.75, 3.05) is 9.80 Å². The van der Waals surface area contributed by atoms with Crippen molar-refractivity contribution in [3.05, 3.63) is 126 Å². The van der Waals surface area contributed by atoms with Crippen LogP contribution in [-0.2, 0) is 0 Å². The van der Waals surface area contributed by atoms with Crippen molar-refractivity contribution in [1.29, 1.82) is 0 Å². The number of anilines is 6. The number of hydrogen-bond acceptors (Lipinski definition) is 2. The van der Waals surface area contributed by atoms with Gasteiger partial charge in [-0.1, -0.05) is 99.8 Å². The molecule has 1 saturated carbocycles. The number of para-hydroxylation sites is 3. The molecule has 0 radical (unpaired) electrons. The maximum absolute atomic E-state index is 2.57. The van der Waals surface area contributed by atoms with Crippen LogP contribution < -0.4 is 26.2 Å². The Kier molecular flexibility index (Phi) is 6.21. The molecule has 0 atom stereocenters. The molecule has 1 fully saturated rings. The summed E-state index contributed by atoms with van der Waals surface area (Å²) in [7, 11) is 0. The van der Waals surface area contributed by atoms with E-state index in [0.717, 1.165) is 0 Å². The third-order valence-corrected chi connectivity index (χ3v) is 9.79. The highest BCUT2D eigenvalue weighted by Crippen LogP contribution is 2.46. The van der Waals surface area contributed by atoms with E-state index in [1.54, 1.807) is 0 Å². The molecule has 206 valence electrons. The van der Waals surface area contributed by atoms with Crippen molar-refractivity contribution in [2.24, 2.45) is 0 Å². The lowest BCUT2D eigenvalue weighted by Crippen LogP contribution is -2.61. The first kappa shape index (κ1) is 25.5. The van der Waals surface area contributed by atoms with E-state index in [0.29, 0.717) is 11.8 Å². The molecule has 0 bridgehead atoms. The van der Waals surface area contributed by atoms with Gasteiger partial charge in [-0.3, -0.25) is 0 Å². The van der Waals surface area contributed by atoms with E-state index >= 15 is 0 Å². The molecule has 3 aliphatic rings. The zero-order valence-electron chi connectivity index (χ0n) is 24.6. The molecule has 0 spiro atoms. The first-order valence-electron chi connectivity index (χ1n) is 15.8. The highest BCUT2D eigenvalue weighted by Gasteiger charge is 2.43. The van der Waals surface area contributed by atoms with Crippen LogP contribution in [0.4, 0.5) is 34.1 Å². The number of rotatable bonds is 4. The SMILES string of the molecule is CC(C)c1cccc(N2c3ccccc3B3c4ccccc4N(c4ccccc4)c4cc(C5CCCCC5)cc2c43)c1. The van der Waals surface area contributed by atoms with Gasteiger partial charge in [0.1, 0.15) is 0 Å². The second-order valence-corrected chi connectivity index (χ2v) is 12.6. The molecule has 1 aliphatic carbocycles. The van der Waals surface area contributed by atoms with Crippen molar-refractivity contribution in [2.45, 2.75) is 57.8 Å². The summed E-state index contributed by atoms with van der Waals surface area (Å²) in [5, 5.41) is 0. The van der Waals surface area contributed by atoms with Crippen molar-refractivity contribution in [3.63, 3.8) is 0 Å². The molecule has 0 aromatic heterocycles. The monoisotopic (exact) mass is 544 g/mol. The van der Waals surface area contributed by atoms with E-state index < -0.39 is 0 Å². The minimum absolute atomic E-state index is 0.187. The van der Waals surface area contributed by atoms with Crippen LogP contribution >= 0.6 is 0 Å². The molecule has 0 N–H and O–H groups in total. The molecule has 5 aromatic carbocycles. The van der Waals surface area contributed by atoms with E-state index in [1.165, 1.54) is 93.7 Å². The van der Waals surface area contributed by atoms with Crippen LogP contribution in [0, 0.1) is 0 Å². The predicted molar refractivity (Wildman–Crippen MR) is 180 cm³/mol. The molecular formula is C39H37BN2. The Morgan fingerprint density at radius 1 is 0.571 bits per heavy atom. The number of fused-ring (bicyclic) bond motifs is 4. The first-order valence-corrected chi connectivity index (χ1v) is 15.8. The quantitative estimate of drug-likeness (QED) is 0.204. The Hall–Kier alpha value is -4.24. The van der Waals surface area contributed by atoms with Gasteiger partial charge in [-0.15, -0.1) is 0 Å². The highest BCUT2D eigenvalue weighted by molar-refractivity contribution is 7.00. The van der Waals surface area contributed by atoms with E-state index in [9.17, 15) is 0 Å². The largest absolute Gasteiger partial charge is 0.311 e. The Labute approximate surface area is 250 Å². The zero-order chi connectivity index (χ0) is 28.2. The van der Waals surface area contributed by atoms with E-state index in [1.807, 2.05) is 0 Å². The van der Waals surface area contributed by atoms with Crippen molar-refractivity contribution in [3.8, 4) is 0 Å². The average molecular weight is 545 g/mol. The molecule has 0 saturated heterocycles. The van der Waals surface area contributed by atoms with Crippen LogP contribution in [-0.4, -0.2) is 6.71 Å². The van der Waals surface area contributed by atoms with Crippen LogP contribution in [0.25, 0.3) is 0 Å². The van der Waals surface area contributed by atoms with Gasteiger partial charge >= 0.3 is 0 Å². The summed E-state index contributed by atoms with van der Waals surface area (Å²) in [6, 6.07) is 43.5. The summed E-state index contributed by atoms with van der Waals surface area (Å²) in [5.41, 5.74) is 14.8. The van der Waals surface area contributed by atoms with E-state index in [2.05, 4.69) is 139 Å². The molecule has 0 unspecified atom stereocenters. The Morgan fingerprint density at radius 3 is 1.79 bits per heavy atom. The standard InChI is InChI=1S/C39H37BN2/c1-27(2)29-16-13-19-32(24-29)42-36-23-12-10-21-34(36)40-33-20-9-11-22-35(33)41(31-17-7-4-8-18-31)37-25-30(26-38(42)39(37)40)28-14-5-3-6-15-28/h4,7-13,16-28H,3,5-6,14-15H2,1-2H3. The lowest BCUT2D eigenvalue weighted by Gasteiger charge is -2.45. The summed E-state index contributed by atoms with van der Waals surface area (Å²) in [6.07, 6.45) is 6.58. The fourth-order valence-corrected chi connectivity index (χ4v) is 7.75. The maximum atomic E-state index is 2.57. The number of nitrogens with zero attached hydrogens (tertiary/aromatic N) is 2.